The van der Waals surface area contributed by atoms with E-state index in [2.05, 4.69) is 48.2 Å². The molecule has 18 heavy (non-hydrogen) atoms. The molecule has 0 spiro atoms. The van der Waals surface area contributed by atoms with E-state index in [0.29, 0.717) is 0 Å². The van der Waals surface area contributed by atoms with Crippen LogP contribution in [-0.2, 0) is 0 Å². The molecule has 0 N–H and O–H groups in total. The van der Waals surface area contributed by atoms with Gasteiger partial charge in [0, 0.05) is 19.1 Å². The Hall–Kier alpha value is -1.13. The number of rotatable bonds is 2. The minimum absolute atomic E-state index is 0.732. The van der Waals surface area contributed by atoms with Gasteiger partial charge >= 0.3 is 0 Å². The summed E-state index contributed by atoms with van der Waals surface area (Å²) >= 11 is 1.81. The number of para-hydroxylation sites is 1. The fraction of sp³-hybridized carbons (Fsp3) is 0.500. The first-order valence-corrected chi connectivity index (χ1v) is 7.32. The van der Waals surface area contributed by atoms with Crippen molar-refractivity contribution in [1.29, 1.82) is 0 Å². The van der Waals surface area contributed by atoms with Crippen LogP contribution < -0.4 is 4.90 Å². The van der Waals surface area contributed by atoms with E-state index < -0.39 is 0 Å². The average Bonchev–Trinajstić information content (AvgIpc) is 2.82. The Morgan fingerprint density at radius 2 is 1.94 bits per heavy atom. The molecule has 2 heterocycles. The topological polar surface area (TPSA) is 19.4 Å². The maximum absolute atomic E-state index is 4.74. The number of hydrogen-bond donors (Lipinski definition) is 0. The van der Waals surface area contributed by atoms with Gasteiger partial charge in [-0.25, -0.2) is 4.98 Å². The molecule has 1 saturated heterocycles. The first-order valence-electron chi connectivity index (χ1n) is 6.51. The molecule has 0 unspecified atom stereocenters. The third-order valence-corrected chi connectivity index (χ3v) is 4.85. The Kier molecular flexibility index (Phi) is 3.22. The molecule has 0 saturated carbocycles. The Morgan fingerprint density at radius 3 is 2.61 bits per heavy atom. The molecule has 1 aliphatic heterocycles. The van der Waals surface area contributed by atoms with Crippen molar-refractivity contribution in [2.75, 3.05) is 32.1 Å². The third kappa shape index (κ3) is 2.22. The highest BCUT2D eigenvalue weighted by atomic mass is 32.1. The van der Waals surface area contributed by atoms with Crippen molar-refractivity contribution in [2.24, 2.45) is 0 Å². The highest BCUT2D eigenvalue weighted by Gasteiger charge is 2.22. The molecular weight excluding hydrogens is 242 g/mol. The lowest BCUT2D eigenvalue weighted by Crippen LogP contribution is -2.41. The number of piperidine rings is 1. The van der Waals surface area contributed by atoms with E-state index in [1.807, 2.05) is 11.3 Å². The predicted octanol–water partition coefficient (Wildman–Crippen LogP) is 2.83. The molecule has 4 heteroatoms. The summed E-state index contributed by atoms with van der Waals surface area (Å²) in [5.74, 6) is 0. The van der Waals surface area contributed by atoms with E-state index in [9.17, 15) is 0 Å². The second-order valence-corrected chi connectivity index (χ2v) is 6.16. The SMILES string of the molecule is CN(C)C1CCN(c2nc3ccccc3s2)CC1. The van der Waals surface area contributed by atoms with Crippen LogP contribution in [0.5, 0.6) is 0 Å². The average molecular weight is 261 g/mol. The molecule has 1 fully saturated rings. The van der Waals surface area contributed by atoms with E-state index in [4.69, 9.17) is 4.98 Å². The lowest BCUT2D eigenvalue weighted by Gasteiger charge is -2.34. The standard InChI is InChI=1S/C14H19N3S/c1-16(2)11-7-9-17(10-8-11)14-15-12-5-3-4-6-13(12)18-14/h3-6,11H,7-10H2,1-2H3. The Morgan fingerprint density at radius 1 is 1.22 bits per heavy atom. The Bertz CT molecular complexity index is 494. The highest BCUT2D eigenvalue weighted by molar-refractivity contribution is 7.22. The van der Waals surface area contributed by atoms with Crippen molar-refractivity contribution >= 4 is 26.7 Å². The summed E-state index contributed by atoms with van der Waals surface area (Å²) in [6.45, 7) is 2.26. The van der Waals surface area contributed by atoms with Crippen LogP contribution in [0, 0.1) is 0 Å². The van der Waals surface area contributed by atoms with Crippen LogP contribution in [0.3, 0.4) is 0 Å². The van der Waals surface area contributed by atoms with E-state index in [1.165, 1.54) is 22.7 Å². The molecule has 1 aromatic carbocycles. The third-order valence-electron chi connectivity index (χ3n) is 3.75. The molecule has 0 radical (unpaired) electrons. The lowest BCUT2D eigenvalue weighted by atomic mass is 10.0. The van der Waals surface area contributed by atoms with E-state index in [0.717, 1.165) is 24.6 Å². The summed E-state index contributed by atoms with van der Waals surface area (Å²) in [6, 6.07) is 9.13. The second kappa shape index (κ2) is 4.86. The van der Waals surface area contributed by atoms with Gasteiger partial charge < -0.3 is 9.80 Å². The molecule has 1 aliphatic rings. The summed E-state index contributed by atoms with van der Waals surface area (Å²) in [5.41, 5.74) is 1.13. The molecule has 0 bridgehead atoms. The van der Waals surface area contributed by atoms with Crippen molar-refractivity contribution in [3.05, 3.63) is 24.3 Å². The van der Waals surface area contributed by atoms with E-state index in [-0.39, 0.29) is 0 Å². The van der Waals surface area contributed by atoms with E-state index >= 15 is 0 Å². The first kappa shape index (κ1) is 11.9. The number of aromatic nitrogens is 1. The normalized spacial score (nSPS) is 17.8. The molecule has 1 aromatic heterocycles. The van der Waals surface area contributed by atoms with Gasteiger partial charge in [0.2, 0.25) is 0 Å². The minimum Gasteiger partial charge on any atom is -0.348 e. The van der Waals surface area contributed by atoms with Gasteiger partial charge in [0.1, 0.15) is 0 Å². The van der Waals surface area contributed by atoms with Crippen LogP contribution in [0.2, 0.25) is 0 Å². The zero-order valence-corrected chi connectivity index (χ0v) is 11.8. The fourth-order valence-electron chi connectivity index (χ4n) is 2.57. The van der Waals surface area contributed by atoms with Gasteiger partial charge in [-0.05, 0) is 39.1 Å². The zero-order chi connectivity index (χ0) is 12.5. The second-order valence-electron chi connectivity index (χ2n) is 5.15. The number of anilines is 1. The zero-order valence-electron chi connectivity index (χ0n) is 11.0. The summed E-state index contributed by atoms with van der Waals surface area (Å²) in [4.78, 5) is 9.52. The molecule has 3 rings (SSSR count). The van der Waals surface area contributed by atoms with Gasteiger partial charge in [0.15, 0.2) is 5.13 Å². The van der Waals surface area contributed by atoms with Crippen molar-refractivity contribution in [3.63, 3.8) is 0 Å². The summed E-state index contributed by atoms with van der Waals surface area (Å²) < 4.78 is 1.29. The molecule has 0 amide bonds. The molecule has 0 aliphatic carbocycles. The van der Waals surface area contributed by atoms with Gasteiger partial charge in [-0.3, -0.25) is 0 Å². The van der Waals surface area contributed by atoms with Gasteiger partial charge in [-0.2, -0.15) is 0 Å². The van der Waals surface area contributed by atoms with Gasteiger partial charge in [0.05, 0.1) is 10.2 Å². The van der Waals surface area contributed by atoms with Crippen LogP contribution >= 0.6 is 11.3 Å². The summed E-state index contributed by atoms with van der Waals surface area (Å²) in [7, 11) is 4.36. The van der Waals surface area contributed by atoms with Gasteiger partial charge in [-0.15, -0.1) is 0 Å². The van der Waals surface area contributed by atoms with Crippen LogP contribution in [-0.4, -0.2) is 43.1 Å². The Labute approximate surface area is 112 Å². The monoisotopic (exact) mass is 261 g/mol. The largest absolute Gasteiger partial charge is 0.348 e. The molecule has 0 atom stereocenters. The van der Waals surface area contributed by atoms with Crippen molar-refractivity contribution in [1.82, 2.24) is 9.88 Å². The summed E-state index contributed by atoms with van der Waals surface area (Å²) in [5, 5.41) is 1.19. The number of nitrogens with zero attached hydrogens (tertiary/aromatic N) is 3. The van der Waals surface area contributed by atoms with Gasteiger partial charge in [-0.1, -0.05) is 23.5 Å². The quantitative estimate of drug-likeness (QED) is 0.828. The lowest BCUT2D eigenvalue weighted by molar-refractivity contribution is 0.249. The van der Waals surface area contributed by atoms with Crippen LogP contribution in [0.15, 0.2) is 24.3 Å². The smallest absolute Gasteiger partial charge is 0.186 e. The highest BCUT2D eigenvalue weighted by Crippen LogP contribution is 2.30. The molecule has 3 nitrogen and oxygen atoms in total. The van der Waals surface area contributed by atoms with Crippen LogP contribution in [0.1, 0.15) is 12.8 Å². The molecule has 2 aromatic rings. The number of thiazole rings is 1. The maximum Gasteiger partial charge on any atom is 0.186 e. The summed E-state index contributed by atoms with van der Waals surface area (Å²) in [6.07, 6.45) is 2.48. The molecule has 96 valence electrons. The van der Waals surface area contributed by atoms with Crippen molar-refractivity contribution < 1.29 is 0 Å². The van der Waals surface area contributed by atoms with Crippen molar-refractivity contribution in [2.45, 2.75) is 18.9 Å². The predicted molar refractivity (Wildman–Crippen MR) is 78.5 cm³/mol. The number of fused-ring (bicyclic) bond motifs is 1. The molecular formula is C14H19N3S. The number of benzene rings is 1. The maximum atomic E-state index is 4.74. The fourth-order valence-corrected chi connectivity index (χ4v) is 3.59. The number of hydrogen-bond acceptors (Lipinski definition) is 4. The van der Waals surface area contributed by atoms with Crippen molar-refractivity contribution in [3.8, 4) is 0 Å². The minimum atomic E-state index is 0.732. The van der Waals surface area contributed by atoms with Gasteiger partial charge in [0.25, 0.3) is 0 Å². The van der Waals surface area contributed by atoms with E-state index in [1.54, 1.807) is 0 Å². The first-order chi connectivity index (χ1) is 8.74. The van der Waals surface area contributed by atoms with Crippen LogP contribution in [0.4, 0.5) is 5.13 Å². The van der Waals surface area contributed by atoms with Crippen LogP contribution in [0.25, 0.3) is 10.2 Å². The Balaban J connectivity index is 1.76.